The summed E-state index contributed by atoms with van der Waals surface area (Å²) < 4.78 is 0. The lowest BCUT2D eigenvalue weighted by atomic mass is 9.90. The van der Waals surface area contributed by atoms with Crippen LogP contribution in [0.4, 0.5) is 4.79 Å². The molecule has 174 valence electrons. The third kappa shape index (κ3) is 6.78. The van der Waals surface area contributed by atoms with Crippen LogP contribution >= 0.6 is 23.5 Å². The Balaban J connectivity index is 2.11. The molecule has 0 atom stereocenters. The van der Waals surface area contributed by atoms with Crippen LogP contribution in [-0.2, 0) is 18.7 Å². The first kappa shape index (κ1) is 25.2. The van der Waals surface area contributed by atoms with Gasteiger partial charge in [-0.15, -0.1) is 23.5 Å². The van der Waals surface area contributed by atoms with E-state index in [0.717, 1.165) is 45.8 Å². The maximum atomic E-state index is 11.4. The third-order valence-corrected chi connectivity index (χ3v) is 7.27. The van der Waals surface area contributed by atoms with Gasteiger partial charge in [0.1, 0.15) is 0 Å². The van der Waals surface area contributed by atoms with E-state index in [4.69, 9.17) is 4.98 Å². The molecule has 0 fully saturated rings. The van der Waals surface area contributed by atoms with Crippen LogP contribution in [0.25, 0.3) is 11.1 Å². The van der Waals surface area contributed by atoms with Crippen LogP contribution in [0.5, 0.6) is 0 Å². The van der Waals surface area contributed by atoms with Gasteiger partial charge in [0.05, 0.1) is 0 Å². The molecular formula is C27H32N2O2S2. The molecule has 0 aliphatic heterocycles. The fourth-order valence-corrected chi connectivity index (χ4v) is 5.23. The first-order valence-corrected chi connectivity index (χ1v) is 13.3. The quantitative estimate of drug-likeness (QED) is 0.314. The van der Waals surface area contributed by atoms with Crippen LogP contribution in [0.15, 0.2) is 58.3 Å². The van der Waals surface area contributed by atoms with Crippen molar-refractivity contribution in [2.75, 3.05) is 6.26 Å². The SMILES string of the molecule is CSc1ccc(SCc2c(C)nc(CC(C)C)c(CNC(=O)O)c2-c2ccc(C)cc2)cc1. The molecule has 0 radical (unpaired) electrons. The topological polar surface area (TPSA) is 62.2 Å². The molecule has 0 spiro atoms. The summed E-state index contributed by atoms with van der Waals surface area (Å²) in [4.78, 5) is 18.8. The number of amides is 1. The summed E-state index contributed by atoms with van der Waals surface area (Å²) in [7, 11) is 0. The van der Waals surface area contributed by atoms with Crippen LogP contribution in [0.2, 0.25) is 0 Å². The molecule has 0 aliphatic rings. The maximum Gasteiger partial charge on any atom is 0.404 e. The van der Waals surface area contributed by atoms with Crippen molar-refractivity contribution < 1.29 is 9.90 Å². The number of carboxylic acid groups (broad SMARTS) is 1. The summed E-state index contributed by atoms with van der Waals surface area (Å²) in [5.74, 6) is 1.18. The van der Waals surface area contributed by atoms with E-state index in [2.05, 4.69) is 87.8 Å². The van der Waals surface area contributed by atoms with Gasteiger partial charge in [-0.1, -0.05) is 43.7 Å². The van der Waals surface area contributed by atoms with Gasteiger partial charge in [0.15, 0.2) is 0 Å². The zero-order chi connectivity index (χ0) is 24.0. The van der Waals surface area contributed by atoms with E-state index in [1.807, 2.05) is 0 Å². The van der Waals surface area contributed by atoms with Crippen molar-refractivity contribution in [1.82, 2.24) is 10.3 Å². The number of carbonyl (C=O) groups is 1. The van der Waals surface area contributed by atoms with E-state index >= 15 is 0 Å². The van der Waals surface area contributed by atoms with Gasteiger partial charge < -0.3 is 10.4 Å². The normalized spacial score (nSPS) is 11.1. The predicted molar refractivity (Wildman–Crippen MR) is 140 cm³/mol. The predicted octanol–water partition coefficient (Wildman–Crippen LogP) is 7.35. The number of rotatable bonds is 9. The Kier molecular flexibility index (Phi) is 8.87. The average molecular weight is 481 g/mol. The van der Waals surface area contributed by atoms with Crippen molar-refractivity contribution in [3.8, 4) is 11.1 Å². The van der Waals surface area contributed by atoms with Crippen LogP contribution < -0.4 is 5.32 Å². The largest absolute Gasteiger partial charge is 0.465 e. The molecule has 0 saturated heterocycles. The van der Waals surface area contributed by atoms with Crippen molar-refractivity contribution in [2.45, 2.75) is 56.2 Å². The van der Waals surface area contributed by atoms with Crippen molar-refractivity contribution in [1.29, 1.82) is 0 Å². The fraction of sp³-hybridized carbons (Fsp3) is 0.333. The van der Waals surface area contributed by atoms with Gasteiger partial charge in [-0.3, -0.25) is 4.98 Å². The molecule has 6 heteroatoms. The van der Waals surface area contributed by atoms with Crippen molar-refractivity contribution >= 4 is 29.6 Å². The number of hydrogen-bond acceptors (Lipinski definition) is 4. The van der Waals surface area contributed by atoms with Crippen molar-refractivity contribution in [2.24, 2.45) is 5.92 Å². The molecule has 3 aromatic rings. The molecule has 3 rings (SSSR count). The Morgan fingerprint density at radius 2 is 1.64 bits per heavy atom. The van der Waals surface area contributed by atoms with Gasteiger partial charge in [0.25, 0.3) is 0 Å². The number of hydrogen-bond donors (Lipinski definition) is 2. The number of nitrogens with zero attached hydrogens (tertiary/aromatic N) is 1. The van der Waals surface area contributed by atoms with E-state index in [1.54, 1.807) is 23.5 Å². The minimum atomic E-state index is -1.02. The van der Waals surface area contributed by atoms with Crippen molar-refractivity contribution in [3.05, 3.63) is 76.6 Å². The number of nitrogens with one attached hydrogen (secondary N) is 1. The number of benzene rings is 2. The molecule has 0 saturated carbocycles. The summed E-state index contributed by atoms with van der Waals surface area (Å²) in [5.41, 5.74) is 7.54. The molecule has 1 amide bonds. The number of aromatic nitrogens is 1. The number of aryl methyl sites for hydroxylation is 2. The molecule has 2 N–H and O–H groups in total. The monoisotopic (exact) mass is 480 g/mol. The van der Waals surface area contributed by atoms with Gasteiger partial charge in [-0.05, 0) is 73.4 Å². The van der Waals surface area contributed by atoms with E-state index < -0.39 is 6.09 Å². The summed E-state index contributed by atoms with van der Waals surface area (Å²) >= 11 is 3.52. The van der Waals surface area contributed by atoms with Gasteiger partial charge in [0, 0.05) is 39.0 Å². The molecule has 4 nitrogen and oxygen atoms in total. The number of pyridine rings is 1. The molecular weight excluding hydrogens is 448 g/mol. The highest BCUT2D eigenvalue weighted by Crippen LogP contribution is 2.36. The van der Waals surface area contributed by atoms with Crippen LogP contribution in [-0.4, -0.2) is 22.4 Å². The second kappa shape index (κ2) is 11.6. The first-order valence-electron chi connectivity index (χ1n) is 11.1. The average Bonchev–Trinajstić information content (AvgIpc) is 2.78. The van der Waals surface area contributed by atoms with Crippen LogP contribution in [0.3, 0.4) is 0 Å². The zero-order valence-corrected chi connectivity index (χ0v) is 21.6. The molecule has 0 aliphatic carbocycles. The smallest absolute Gasteiger partial charge is 0.404 e. The Labute approximate surface area is 205 Å². The second-order valence-electron chi connectivity index (χ2n) is 8.56. The first-order chi connectivity index (χ1) is 15.8. The second-order valence-corrected chi connectivity index (χ2v) is 10.5. The number of thioether (sulfide) groups is 2. The summed E-state index contributed by atoms with van der Waals surface area (Å²) in [5, 5.41) is 11.9. The van der Waals surface area contributed by atoms with Crippen molar-refractivity contribution in [3.63, 3.8) is 0 Å². The van der Waals surface area contributed by atoms with E-state index in [1.165, 1.54) is 15.4 Å². The molecule has 2 aromatic carbocycles. The van der Waals surface area contributed by atoms with Gasteiger partial charge in [-0.2, -0.15) is 0 Å². The van der Waals surface area contributed by atoms with E-state index in [9.17, 15) is 9.90 Å². The zero-order valence-electron chi connectivity index (χ0n) is 19.9. The Bertz CT molecular complexity index is 1090. The third-order valence-electron chi connectivity index (χ3n) is 5.49. The lowest BCUT2D eigenvalue weighted by Gasteiger charge is -2.22. The van der Waals surface area contributed by atoms with Gasteiger partial charge >= 0.3 is 6.09 Å². The Hall–Kier alpha value is -2.44. The van der Waals surface area contributed by atoms with Crippen LogP contribution in [0.1, 0.15) is 41.9 Å². The Morgan fingerprint density at radius 3 is 2.21 bits per heavy atom. The lowest BCUT2D eigenvalue weighted by molar-refractivity contribution is 0.194. The minimum absolute atomic E-state index is 0.244. The molecule has 0 bridgehead atoms. The minimum Gasteiger partial charge on any atom is -0.465 e. The Morgan fingerprint density at radius 1 is 1.00 bits per heavy atom. The highest BCUT2D eigenvalue weighted by Gasteiger charge is 2.20. The molecule has 0 unspecified atom stereocenters. The van der Waals surface area contributed by atoms with Gasteiger partial charge in [0.2, 0.25) is 0 Å². The summed E-state index contributed by atoms with van der Waals surface area (Å²) in [6.07, 6.45) is 1.86. The van der Waals surface area contributed by atoms with Gasteiger partial charge in [-0.25, -0.2) is 4.79 Å². The lowest BCUT2D eigenvalue weighted by Crippen LogP contribution is -2.23. The molecule has 1 heterocycles. The van der Waals surface area contributed by atoms with E-state index in [-0.39, 0.29) is 6.54 Å². The standard InChI is InChI=1S/C27H32N2O2S2/c1-17(2)14-25-23(15-28-27(30)31)26(20-8-6-18(3)7-9-20)24(19(4)29-25)16-33-22-12-10-21(32-5)11-13-22/h6-13,17,28H,14-16H2,1-5H3,(H,30,31). The summed E-state index contributed by atoms with van der Waals surface area (Å²) in [6.45, 7) is 8.72. The van der Waals surface area contributed by atoms with Crippen LogP contribution in [0, 0.1) is 19.8 Å². The highest BCUT2D eigenvalue weighted by molar-refractivity contribution is 7.99. The van der Waals surface area contributed by atoms with E-state index in [0.29, 0.717) is 5.92 Å². The fourth-order valence-electron chi connectivity index (χ4n) is 3.83. The molecule has 33 heavy (non-hydrogen) atoms. The highest BCUT2D eigenvalue weighted by atomic mass is 32.2. The molecule has 1 aromatic heterocycles. The summed E-state index contributed by atoms with van der Waals surface area (Å²) in [6, 6.07) is 17.1. The maximum absolute atomic E-state index is 11.4.